The van der Waals surface area contributed by atoms with Crippen molar-refractivity contribution < 1.29 is 14.7 Å². The fourth-order valence-electron chi connectivity index (χ4n) is 3.77. The molecule has 6 N–H and O–H groups in total. The summed E-state index contributed by atoms with van der Waals surface area (Å²) in [5, 5.41) is 18.0. The van der Waals surface area contributed by atoms with E-state index in [2.05, 4.69) is 15.3 Å². The van der Waals surface area contributed by atoms with Crippen LogP contribution in [-0.4, -0.2) is 44.9 Å². The van der Waals surface area contributed by atoms with Gasteiger partial charge in [-0.25, -0.2) is 9.97 Å². The first-order valence-electron chi connectivity index (χ1n) is 11.6. The molecule has 4 aromatic rings. The average molecular weight is 537 g/mol. The van der Waals surface area contributed by atoms with Gasteiger partial charge in [-0.05, 0) is 29.7 Å². The molecule has 2 amide bonds. The van der Waals surface area contributed by atoms with Crippen molar-refractivity contribution in [3.05, 3.63) is 87.9 Å². The molecule has 0 bridgehead atoms. The van der Waals surface area contributed by atoms with E-state index in [1.54, 1.807) is 15.7 Å². The summed E-state index contributed by atoms with van der Waals surface area (Å²) in [6.07, 6.45) is 0.0427. The number of carbonyl (C=O) groups is 2. The second-order valence-corrected chi connectivity index (χ2v) is 10.2. The lowest BCUT2D eigenvalue weighted by atomic mass is 10.1. The van der Waals surface area contributed by atoms with Crippen LogP contribution in [0.15, 0.2) is 65.4 Å². The lowest BCUT2D eigenvalue weighted by Crippen LogP contribution is -2.37. The molecule has 4 rings (SSSR count). The predicted octanol–water partition coefficient (Wildman–Crippen LogP) is 3.29. The van der Waals surface area contributed by atoms with E-state index in [4.69, 9.17) is 11.5 Å². The molecule has 0 aliphatic heterocycles. The van der Waals surface area contributed by atoms with Gasteiger partial charge in [0.05, 0.1) is 36.9 Å². The van der Waals surface area contributed by atoms with Crippen molar-refractivity contribution in [3.63, 3.8) is 0 Å². The third-order valence-electron chi connectivity index (χ3n) is 5.65. The number of nitrogens with two attached hydrogens (primary N) is 2. The van der Waals surface area contributed by atoms with Gasteiger partial charge < -0.3 is 26.8 Å². The maximum atomic E-state index is 13.1. The van der Waals surface area contributed by atoms with E-state index in [0.29, 0.717) is 40.3 Å². The summed E-state index contributed by atoms with van der Waals surface area (Å²) >= 11 is 2.60. The number of anilines is 3. The van der Waals surface area contributed by atoms with Crippen LogP contribution >= 0.6 is 22.7 Å². The third kappa shape index (κ3) is 7.84. The van der Waals surface area contributed by atoms with Gasteiger partial charge in [0.1, 0.15) is 0 Å². The molecule has 2 aromatic heterocycles. The molecule has 0 aliphatic rings. The van der Waals surface area contributed by atoms with E-state index in [1.807, 2.05) is 54.6 Å². The molecular weight excluding hydrogens is 508 g/mol. The number of aliphatic hydroxyl groups is 1. The van der Waals surface area contributed by atoms with Crippen LogP contribution in [0.25, 0.3) is 0 Å². The Hall–Kier alpha value is -3.80. The standard InChI is InChI=1S/C26H28N6O3S2/c27-25-30-20(15-36-25)12-23(34)29-19-8-6-17(7-9-19)10-11-32(14-22(33)18-4-2-1-3-5-18)24(35)13-21-16-37-26(28)31-21/h1-9,15-16,22,33H,10-14H2,(H2,27,30)(H2,28,31)(H,29,34). The number of hydrogen-bond donors (Lipinski definition) is 4. The largest absolute Gasteiger partial charge is 0.387 e. The maximum Gasteiger partial charge on any atom is 0.230 e. The number of benzene rings is 2. The molecule has 0 aliphatic carbocycles. The van der Waals surface area contributed by atoms with Gasteiger partial charge in [0.15, 0.2) is 10.3 Å². The second-order valence-electron chi connectivity index (χ2n) is 8.47. The van der Waals surface area contributed by atoms with E-state index in [-0.39, 0.29) is 31.2 Å². The Labute approximate surface area is 222 Å². The molecule has 9 nitrogen and oxygen atoms in total. The Bertz CT molecular complexity index is 1320. The summed E-state index contributed by atoms with van der Waals surface area (Å²) in [4.78, 5) is 35.3. The lowest BCUT2D eigenvalue weighted by Gasteiger charge is -2.25. The summed E-state index contributed by atoms with van der Waals surface area (Å²) in [5.74, 6) is -0.306. The first-order chi connectivity index (χ1) is 17.9. The number of nitrogens with one attached hydrogen (secondary N) is 1. The molecule has 2 heterocycles. The maximum absolute atomic E-state index is 13.1. The smallest absolute Gasteiger partial charge is 0.230 e. The first-order valence-corrected chi connectivity index (χ1v) is 13.4. The second kappa shape index (κ2) is 12.4. The first kappa shape index (κ1) is 26.3. The molecule has 1 unspecified atom stereocenters. The van der Waals surface area contributed by atoms with Crippen molar-refractivity contribution in [2.24, 2.45) is 0 Å². The third-order valence-corrected chi connectivity index (χ3v) is 7.10. The van der Waals surface area contributed by atoms with Crippen LogP contribution in [0.5, 0.6) is 0 Å². The number of nitrogen functional groups attached to an aromatic ring is 2. The number of nitrogens with zero attached hydrogens (tertiary/aromatic N) is 3. The number of amides is 2. The number of aromatic nitrogens is 2. The zero-order valence-corrected chi connectivity index (χ0v) is 21.7. The number of carbonyl (C=O) groups excluding carboxylic acids is 2. The minimum atomic E-state index is -0.809. The van der Waals surface area contributed by atoms with Crippen LogP contribution in [0, 0.1) is 0 Å². The van der Waals surface area contributed by atoms with Gasteiger partial charge in [-0.15, -0.1) is 22.7 Å². The molecule has 37 heavy (non-hydrogen) atoms. The van der Waals surface area contributed by atoms with Crippen LogP contribution in [0.1, 0.15) is 28.6 Å². The van der Waals surface area contributed by atoms with E-state index in [9.17, 15) is 14.7 Å². The number of rotatable bonds is 11. The molecule has 192 valence electrons. The average Bonchev–Trinajstić information content (AvgIpc) is 3.49. The van der Waals surface area contributed by atoms with Crippen LogP contribution in [0.2, 0.25) is 0 Å². The zero-order chi connectivity index (χ0) is 26.2. The normalized spacial score (nSPS) is 11.7. The highest BCUT2D eigenvalue weighted by molar-refractivity contribution is 7.13. The minimum absolute atomic E-state index is 0.116. The van der Waals surface area contributed by atoms with Crippen molar-refractivity contribution in [3.8, 4) is 0 Å². The van der Waals surface area contributed by atoms with Crippen LogP contribution in [0.4, 0.5) is 16.0 Å². The predicted molar refractivity (Wildman–Crippen MR) is 147 cm³/mol. The monoisotopic (exact) mass is 536 g/mol. The van der Waals surface area contributed by atoms with Crippen molar-refractivity contribution in [1.29, 1.82) is 0 Å². The molecule has 0 fully saturated rings. The van der Waals surface area contributed by atoms with Crippen molar-refractivity contribution in [1.82, 2.24) is 14.9 Å². The van der Waals surface area contributed by atoms with Crippen LogP contribution in [0.3, 0.4) is 0 Å². The summed E-state index contributed by atoms with van der Waals surface area (Å²) < 4.78 is 0. The SMILES string of the molecule is Nc1nc(CC(=O)Nc2ccc(CCN(CC(O)c3ccccc3)C(=O)Cc3csc(N)n3)cc2)cs1. The molecule has 0 radical (unpaired) electrons. The highest BCUT2D eigenvalue weighted by Crippen LogP contribution is 2.18. The highest BCUT2D eigenvalue weighted by Gasteiger charge is 2.20. The van der Waals surface area contributed by atoms with Crippen LogP contribution in [-0.2, 0) is 28.9 Å². The molecule has 2 aromatic carbocycles. The molecular formula is C26H28N6O3S2. The molecule has 1 atom stereocenters. The van der Waals surface area contributed by atoms with Gasteiger partial charge >= 0.3 is 0 Å². The fraction of sp³-hybridized carbons (Fsp3) is 0.231. The fourth-order valence-corrected chi connectivity index (χ4v) is 4.90. The highest BCUT2D eigenvalue weighted by atomic mass is 32.1. The lowest BCUT2D eigenvalue weighted by molar-refractivity contribution is -0.132. The number of aliphatic hydroxyl groups excluding tert-OH is 1. The van der Waals surface area contributed by atoms with Crippen LogP contribution < -0.4 is 16.8 Å². The zero-order valence-electron chi connectivity index (χ0n) is 20.0. The van der Waals surface area contributed by atoms with Crippen molar-refractivity contribution in [2.75, 3.05) is 29.9 Å². The Morgan fingerprint density at radius 3 is 2.14 bits per heavy atom. The van der Waals surface area contributed by atoms with Gasteiger partial charge in [0, 0.05) is 23.0 Å². The number of thiazole rings is 2. The Balaban J connectivity index is 1.36. The van der Waals surface area contributed by atoms with E-state index < -0.39 is 6.10 Å². The molecule has 0 spiro atoms. The molecule has 0 saturated carbocycles. The summed E-state index contributed by atoms with van der Waals surface area (Å²) in [5.41, 5.74) is 15.0. The summed E-state index contributed by atoms with van der Waals surface area (Å²) in [6.45, 7) is 0.580. The quantitative estimate of drug-likeness (QED) is 0.230. The Morgan fingerprint density at radius 1 is 0.919 bits per heavy atom. The summed E-state index contributed by atoms with van der Waals surface area (Å²) in [6, 6.07) is 16.7. The van der Waals surface area contributed by atoms with Gasteiger partial charge in [-0.2, -0.15) is 0 Å². The van der Waals surface area contributed by atoms with E-state index >= 15 is 0 Å². The van der Waals surface area contributed by atoms with Gasteiger partial charge in [0.2, 0.25) is 11.8 Å². The number of hydrogen-bond acceptors (Lipinski definition) is 9. The minimum Gasteiger partial charge on any atom is -0.387 e. The summed E-state index contributed by atoms with van der Waals surface area (Å²) in [7, 11) is 0. The van der Waals surface area contributed by atoms with Gasteiger partial charge in [-0.3, -0.25) is 9.59 Å². The Morgan fingerprint density at radius 2 is 1.54 bits per heavy atom. The van der Waals surface area contributed by atoms with E-state index in [0.717, 1.165) is 11.1 Å². The molecule has 0 saturated heterocycles. The van der Waals surface area contributed by atoms with Crippen molar-refractivity contribution >= 4 is 50.4 Å². The van der Waals surface area contributed by atoms with Gasteiger partial charge in [-0.1, -0.05) is 42.5 Å². The van der Waals surface area contributed by atoms with Crippen molar-refractivity contribution in [2.45, 2.75) is 25.4 Å². The van der Waals surface area contributed by atoms with E-state index in [1.165, 1.54) is 22.7 Å². The molecule has 11 heteroatoms. The topological polar surface area (TPSA) is 147 Å². The van der Waals surface area contributed by atoms with Gasteiger partial charge in [0.25, 0.3) is 0 Å². The Kier molecular flexibility index (Phi) is 8.83.